The van der Waals surface area contributed by atoms with Crippen molar-refractivity contribution in [1.29, 1.82) is 0 Å². The van der Waals surface area contributed by atoms with Crippen LogP contribution in [0.4, 0.5) is 0 Å². The van der Waals surface area contributed by atoms with Crippen LogP contribution in [-0.4, -0.2) is 64.8 Å². The SMILES string of the molecule is CCCN(CCCCN1CCCCCC1=O)C(C)Cc1ccc(OS(=O)(=O)c2sccc2S(=O)(=O)c2ccccc2)cc1. The van der Waals surface area contributed by atoms with E-state index in [0.717, 1.165) is 88.0 Å². The first-order valence-electron chi connectivity index (χ1n) is 15.0. The van der Waals surface area contributed by atoms with Crippen LogP contribution in [0.1, 0.15) is 64.4 Å². The molecule has 1 saturated heterocycles. The fraction of sp³-hybridized carbons (Fsp3) is 0.469. The second kappa shape index (κ2) is 15.3. The third-order valence-corrected chi connectivity index (χ3v) is 12.5. The minimum Gasteiger partial charge on any atom is -0.378 e. The van der Waals surface area contributed by atoms with Crippen molar-refractivity contribution >= 4 is 37.2 Å². The third-order valence-electron chi connectivity index (χ3n) is 7.76. The van der Waals surface area contributed by atoms with Crippen molar-refractivity contribution in [1.82, 2.24) is 9.80 Å². The molecule has 1 unspecified atom stereocenters. The molecule has 0 radical (unpaired) electrons. The van der Waals surface area contributed by atoms with Crippen LogP contribution in [0, 0.1) is 0 Å². The molecule has 1 atom stereocenters. The number of rotatable bonds is 15. The minimum absolute atomic E-state index is 0.0212. The zero-order valence-corrected chi connectivity index (χ0v) is 27.4. The summed E-state index contributed by atoms with van der Waals surface area (Å²) in [5, 5.41) is 1.44. The molecular weight excluding hydrogens is 605 g/mol. The average Bonchev–Trinajstić information content (AvgIpc) is 3.43. The Bertz CT molecular complexity index is 1540. The molecule has 0 saturated carbocycles. The maximum atomic E-state index is 13.1. The van der Waals surface area contributed by atoms with Gasteiger partial charge in [-0.2, -0.15) is 8.42 Å². The Balaban J connectivity index is 1.34. The lowest BCUT2D eigenvalue weighted by Crippen LogP contribution is -2.37. The minimum atomic E-state index is -4.37. The summed E-state index contributed by atoms with van der Waals surface area (Å²) in [6.07, 6.45) is 7.80. The molecule has 1 amide bonds. The highest BCUT2D eigenvalue weighted by Crippen LogP contribution is 2.33. The molecule has 8 nitrogen and oxygen atoms in total. The lowest BCUT2D eigenvalue weighted by molar-refractivity contribution is -0.130. The molecule has 1 aliphatic rings. The summed E-state index contributed by atoms with van der Waals surface area (Å²) in [6.45, 7) is 8.04. The van der Waals surface area contributed by atoms with Gasteiger partial charge in [0.05, 0.1) is 4.90 Å². The molecule has 1 aromatic heterocycles. The first kappa shape index (κ1) is 33.2. The smallest absolute Gasteiger partial charge is 0.350 e. The van der Waals surface area contributed by atoms with E-state index in [4.69, 9.17) is 4.18 Å². The Kier molecular flexibility index (Phi) is 11.8. The van der Waals surface area contributed by atoms with Crippen LogP contribution in [-0.2, 0) is 31.2 Å². The van der Waals surface area contributed by atoms with Gasteiger partial charge in [0.15, 0.2) is 4.21 Å². The van der Waals surface area contributed by atoms with Crippen LogP contribution in [0.3, 0.4) is 0 Å². The molecule has 2 heterocycles. The first-order valence-corrected chi connectivity index (χ1v) is 18.8. The number of hydrogen-bond acceptors (Lipinski definition) is 8. The predicted molar refractivity (Wildman–Crippen MR) is 170 cm³/mol. The van der Waals surface area contributed by atoms with Gasteiger partial charge in [0.2, 0.25) is 15.7 Å². The van der Waals surface area contributed by atoms with Crippen LogP contribution < -0.4 is 4.18 Å². The van der Waals surface area contributed by atoms with Crippen LogP contribution in [0.2, 0.25) is 0 Å². The number of thiophene rings is 1. The van der Waals surface area contributed by atoms with Gasteiger partial charge < -0.3 is 14.0 Å². The second-order valence-corrected chi connectivity index (χ2v) is 15.6. The number of amides is 1. The molecule has 4 rings (SSSR count). The first-order chi connectivity index (χ1) is 20.6. The van der Waals surface area contributed by atoms with Gasteiger partial charge in [-0.15, -0.1) is 11.3 Å². The van der Waals surface area contributed by atoms with Crippen molar-refractivity contribution in [2.24, 2.45) is 0 Å². The van der Waals surface area contributed by atoms with Crippen molar-refractivity contribution in [3.05, 3.63) is 71.6 Å². The Labute approximate surface area is 260 Å². The number of likely N-dealkylation sites (tertiary alicyclic amines) is 1. The van der Waals surface area contributed by atoms with Gasteiger partial charge in [-0.05, 0) is 99.8 Å². The molecule has 0 aliphatic carbocycles. The lowest BCUT2D eigenvalue weighted by Gasteiger charge is -2.29. The average molecular weight is 647 g/mol. The van der Waals surface area contributed by atoms with E-state index in [9.17, 15) is 21.6 Å². The molecule has 1 fully saturated rings. The van der Waals surface area contributed by atoms with Crippen LogP contribution in [0.5, 0.6) is 5.75 Å². The molecule has 0 N–H and O–H groups in total. The van der Waals surface area contributed by atoms with Crippen molar-refractivity contribution in [2.75, 3.05) is 26.2 Å². The van der Waals surface area contributed by atoms with Crippen molar-refractivity contribution in [3.63, 3.8) is 0 Å². The Morgan fingerprint density at radius 1 is 0.930 bits per heavy atom. The fourth-order valence-corrected chi connectivity index (χ4v) is 9.88. The van der Waals surface area contributed by atoms with E-state index in [2.05, 4.69) is 18.7 Å². The quantitative estimate of drug-likeness (QED) is 0.144. The van der Waals surface area contributed by atoms with Crippen molar-refractivity contribution < 1.29 is 25.8 Å². The van der Waals surface area contributed by atoms with Gasteiger partial charge in [-0.25, -0.2) is 8.42 Å². The highest BCUT2D eigenvalue weighted by Gasteiger charge is 2.31. The molecule has 0 bridgehead atoms. The summed E-state index contributed by atoms with van der Waals surface area (Å²) in [4.78, 5) is 16.5. The molecular formula is C32H42N2O6S3. The molecule has 234 valence electrons. The standard InChI is InChI=1S/C32H42N2O6S3/c1-3-20-33(21-10-11-23-34-22-9-5-8-14-31(34)35)26(2)25-27-15-17-28(18-16-27)40-43(38,39)32-30(19-24-41-32)42(36,37)29-12-6-4-7-13-29/h4,6-7,12-13,15-19,24,26H,3,5,8-11,14,20-23,25H2,1-2H3. The van der Waals surface area contributed by atoms with E-state index >= 15 is 0 Å². The van der Waals surface area contributed by atoms with Crippen LogP contribution >= 0.6 is 11.3 Å². The van der Waals surface area contributed by atoms with Crippen LogP contribution in [0.25, 0.3) is 0 Å². The van der Waals surface area contributed by atoms with Gasteiger partial charge >= 0.3 is 10.1 Å². The summed E-state index contributed by atoms with van der Waals surface area (Å²) in [5.41, 5.74) is 1.05. The Morgan fingerprint density at radius 3 is 2.40 bits per heavy atom. The number of unbranched alkanes of at least 4 members (excludes halogenated alkanes) is 1. The third kappa shape index (κ3) is 8.90. The molecule has 2 aromatic carbocycles. The van der Waals surface area contributed by atoms with E-state index < -0.39 is 20.0 Å². The largest absolute Gasteiger partial charge is 0.378 e. The number of hydrogen-bond donors (Lipinski definition) is 0. The van der Waals surface area contributed by atoms with E-state index in [1.54, 1.807) is 30.3 Å². The maximum Gasteiger partial charge on any atom is 0.350 e. The van der Waals surface area contributed by atoms with E-state index in [1.165, 1.54) is 23.6 Å². The van der Waals surface area contributed by atoms with Gasteiger partial charge in [0, 0.05) is 25.6 Å². The maximum absolute atomic E-state index is 13.1. The highest BCUT2D eigenvalue weighted by atomic mass is 32.3. The van der Waals surface area contributed by atoms with Crippen molar-refractivity contribution in [2.45, 2.75) is 85.3 Å². The summed E-state index contributed by atoms with van der Waals surface area (Å²) in [5.74, 6) is 0.422. The fourth-order valence-electron chi connectivity index (χ4n) is 5.44. The summed E-state index contributed by atoms with van der Waals surface area (Å²) in [6, 6.07) is 16.3. The zero-order chi connectivity index (χ0) is 30.9. The Hall–Kier alpha value is -2.73. The topological polar surface area (TPSA) is 101 Å². The lowest BCUT2D eigenvalue weighted by atomic mass is 10.0. The van der Waals surface area contributed by atoms with E-state index in [1.807, 2.05) is 17.0 Å². The number of benzene rings is 2. The van der Waals surface area contributed by atoms with Crippen molar-refractivity contribution in [3.8, 4) is 5.75 Å². The summed E-state index contributed by atoms with van der Waals surface area (Å²) < 4.78 is 57.5. The molecule has 1 aliphatic heterocycles. The monoisotopic (exact) mass is 646 g/mol. The van der Waals surface area contributed by atoms with Gasteiger partial charge in [0.25, 0.3) is 0 Å². The van der Waals surface area contributed by atoms with E-state index in [0.29, 0.717) is 12.3 Å². The predicted octanol–water partition coefficient (Wildman–Crippen LogP) is 6.17. The number of sulfone groups is 1. The molecule has 11 heteroatoms. The number of nitrogens with zero attached hydrogens (tertiary/aromatic N) is 2. The molecule has 0 spiro atoms. The number of carbonyl (C=O) groups is 1. The van der Waals surface area contributed by atoms with Gasteiger partial charge in [0.1, 0.15) is 10.6 Å². The zero-order valence-electron chi connectivity index (χ0n) is 25.0. The second-order valence-electron chi connectivity index (χ2n) is 11.1. The van der Waals surface area contributed by atoms with E-state index in [-0.39, 0.29) is 25.8 Å². The number of carbonyl (C=O) groups excluding carboxylic acids is 1. The van der Waals surface area contributed by atoms with Crippen LogP contribution in [0.15, 0.2) is 80.0 Å². The Morgan fingerprint density at radius 2 is 1.67 bits per heavy atom. The summed E-state index contributed by atoms with van der Waals surface area (Å²) >= 11 is 0.817. The summed E-state index contributed by atoms with van der Waals surface area (Å²) in [7, 11) is -8.39. The normalized spacial score (nSPS) is 15.4. The van der Waals surface area contributed by atoms with Gasteiger partial charge in [-0.1, -0.05) is 43.7 Å². The molecule has 3 aromatic rings. The highest BCUT2D eigenvalue weighted by molar-refractivity contribution is 7.94. The molecule has 43 heavy (non-hydrogen) atoms. The van der Waals surface area contributed by atoms with Gasteiger partial charge in [-0.3, -0.25) is 4.79 Å².